The molecule has 1 aliphatic heterocycles. The third-order valence-corrected chi connectivity index (χ3v) is 4.23. The van der Waals surface area contributed by atoms with Crippen molar-refractivity contribution in [1.82, 2.24) is 4.98 Å². The Bertz CT molecular complexity index is 442. The van der Waals surface area contributed by atoms with E-state index >= 15 is 0 Å². The minimum Gasteiger partial charge on any atom is -0.376 e. The summed E-state index contributed by atoms with van der Waals surface area (Å²) in [6.07, 6.45) is 1.05. The van der Waals surface area contributed by atoms with Crippen LogP contribution < -0.4 is 5.32 Å². The van der Waals surface area contributed by atoms with Gasteiger partial charge in [-0.2, -0.15) is 5.26 Å². The summed E-state index contributed by atoms with van der Waals surface area (Å²) in [6, 6.07) is 2.02. The molecule has 1 aliphatic rings. The maximum absolute atomic E-state index is 8.79. The molecular formula is C10H12ClN3OS. The highest BCUT2D eigenvalue weighted by molar-refractivity contribution is 7.16. The van der Waals surface area contributed by atoms with E-state index in [9.17, 15) is 0 Å². The molecule has 0 bridgehead atoms. The van der Waals surface area contributed by atoms with Crippen molar-refractivity contribution in [1.29, 1.82) is 5.26 Å². The molecule has 1 aromatic heterocycles. The van der Waals surface area contributed by atoms with Crippen LogP contribution in [0.15, 0.2) is 0 Å². The zero-order chi connectivity index (χ0) is 11.8. The Balaban J connectivity index is 2.18. The summed E-state index contributed by atoms with van der Waals surface area (Å²) in [5.74, 6) is 0. The Morgan fingerprint density at radius 1 is 1.75 bits per heavy atom. The molecule has 0 aromatic carbocycles. The molecule has 2 atom stereocenters. The number of nitrogens with one attached hydrogen (secondary N) is 1. The minimum absolute atomic E-state index is 0.126. The summed E-state index contributed by atoms with van der Waals surface area (Å²) in [5, 5.41) is 13.1. The van der Waals surface area contributed by atoms with Gasteiger partial charge >= 0.3 is 0 Å². The largest absolute Gasteiger partial charge is 0.376 e. The molecule has 4 nitrogen and oxygen atoms in total. The predicted molar refractivity (Wildman–Crippen MR) is 63.9 cm³/mol. The lowest BCUT2D eigenvalue weighted by Gasteiger charge is -2.28. The second-order valence-corrected chi connectivity index (χ2v) is 5.41. The van der Waals surface area contributed by atoms with E-state index in [0.717, 1.165) is 13.0 Å². The number of halogens is 1. The lowest BCUT2D eigenvalue weighted by Crippen LogP contribution is -2.41. The Labute approximate surface area is 103 Å². The molecule has 1 aromatic rings. The highest BCUT2D eigenvalue weighted by atomic mass is 35.5. The van der Waals surface area contributed by atoms with Gasteiger partial charge in [0.1, 0.15) is 10.9 Å². The number of ether oxygens (including phenoxy) is 1. The average Bonchev–Trinajstić information content (AvgIpc) is 2.72. The molecule has 0 spiro atoms. The zero-order valence-electron chi connectivity index (χ0n) is 9.08. The highest BCUT2D eigenvalue weighted by Crippen LogP contribution is 2.33. The van der Waals surface area contributed by atoms with E-state index in [4.69, 9.17) is 21.6 Å². The fourth-order valence-corrected chi connectivity index (χ4v) is 2.75. The van der Waals surface area contributed by atoms with Gasteiger partial charge in [-0.1, -0.05) is 22.9 Å². The molecule has 1 saturated heterocycles. The molecule has 2 unspecified atom stereocenters. The van der Waals surface area contributed by atoms with Crippen molar-refractivity contribution in [2.75, 3.05) is 11.9 Å². The van der Waals surface area contributed by atoms with Crippen molar-refractivity contribution >= 4 is 28.1 Å². The van der Waals surface area contributed by atoms with Gasteiger partial charge in [-0.05, 0) is 20.3 Å². The van der Waals surface area contributed by atoms with Crippen molar-refractivity contribution < 1.29 is 4.74 Å². The first-order valence-corrected chi connectivity index (χ1v) is 6.21. The molecule has 16 heavy (non-hydrogen) atoms. The lowest BCUT2D eigenvalue weighted by molar-refractivity contribution is 0.105. The fourth-order valence-electron chi connectivity index (χ4n) is 1.67. The average molecular weight is 258 g/mol. The first-order valence-electron chi connectivity index (χ1n) is 5.01. The molecule has 2 rings (SSSR count). The highest BCUT2D eigenvalue weighted by Gasteiger charge is 2.37. The van der Waals surface area contributed by atoms with E-state index in [2.05, 4.69) is 17.2 Å². The molecule has 0 saturated carbocycles. The van der Waals surface area contributed by atoms with Crippen molar-refractivity contribution in [3.8, 4) is 6.07 Å². The Kier molecular flexibility index (Phi) is 3.06. The van der Waals surface area contributed by atoms with E-state index in [1.165, 1.54) is 11.3 Å². The summed E-state index contributed by atoms with van der Waals surface area (Å²) in [4.78, 5) is 4.56. The molecule has 2 heterocycles. The van der Waals surface area contributed by atoms with Gasteiger partial charge < -0.3 is 10.1 Å². The van der Waals surface area contributed by atoms with Gasteiger partial charge in [-0.15, -0.1) is 0 Å². The smallest absolute Gasteiger partial charge is 0.185 e. The summed E-state index contributed by atoms with van der Waals surface area (Å²) < 4.78 is 5.52. The van der Waals surface area contributed by atoms with Crippen LogP contribution >= 0.6 is 22.9 Å². The molecule has 0 aliphatic carbocycles. The number of rotatable bonds is 2. The van der Waals surface area contributed by atoms with E-state index in [1.807, 2.05) is 13.0 Å². The van der Waals surface area contributed by atoms with Gasteiger partial charge in [0.25, 0.3) is 0 Å². The summed E-state index contributed by atoms with van der Waals surface area (Å²) in [7, 11) is 0. The zero-order valence-corrected chi connectivity index (χ0v) is 10.7. The van der Waals surface area contributed by atoms with Crippen LogP contribution in [-0.2, 0) is 4.74 Å². The van der Waals surface area contributed by atoms with Gasteiger partial charge in [0.2, 0.25) is 0 Å². The molecule has 6 heteroatoms. The van der Waals surface area contributed by atoms with Crippen LogP contribution in [0.5, 0.6) is 0 Å². The van der Waals surface area contributed by atoms with E-state index in [-0.39, 0.29) is 16.8 Å². The molecule has 0 radical (unpaired) electrons. The molecular weight excluding hydrogens is 246 g/mol. The fraction of sp³-hybridized carbons (Fsp3) is 0.600. The summed E-state index contributed by atoms with van der Waals surface area (Å²) in [5.41, 5.74) is -0.131. The molecule has 1 fully saturated rings. The molecule has 1 N–H and O–H groups in total. The standard InChI is InChI=1S/C10H12ClN3OS/c1-6-10(2,3-4-15-6)14-9-13-8(11)7(5-12)16-9/h6H,3-4H2,1-2H3,(H,13,14). The van der Waals surface area contributed by atoms with Crippen LogP contribution in [0.1, 0.15) is 25.1 Å². The maximum atomic E-state index is 8.79. The Morgan fingerprint density at radius 2 is 2.50 bits per heavy atom. The monoisotopic (exact) mass is 257 g/mol. The second kappa shape index (κ2) is 4.21. The van der Waals surface area contributed by atoms with Crippen LogP contribution in [0.3, 0.4) is 0 Å². The predicted octanol–water partition coefficient (Wildman–Crippen LogP) is 2.65. The maximum Gasteiger partial charge on any atom is 0.185 e. The SMILES string of the molecule is CC1OCCC1(C)Nc1nc(Cl)c(C#N)s1. The van der Waals surface area contributed by atoms with Gasteiger partial charge in [-0.3, -0.25) is 0 Å². The normalized spacial score (nSPS) is 29.0. The number of aromatic nitrogens is 1. The van der Waals surface area contributed by atoms with E-state index < -0.39 is 0 Å². The second-order valence-electron chi connectivity index (χ2n) is 4.06. The first-order chi connectivity index (χ1) is 7.55. The third-order valence-electron chi connectivity index (χ3n) is 2.97. The van der Waals surface area contributed by atoms with Gasteiger partial charge in [-0.25, -0.2) is 4.98 Å². The summed E-state index contributed by atoms with van der Waals surface area (Å²) >= 11 is 7.09. The molecule has 0 amide bonds. The number of thiazole rings is 1. The topological polar surface area (TPSA) is 57.9 Å². The number of nitriles is 1. The minimum atomic E-state index is -0.131. The van der Waals surface area contributed by atoms with Crippen LogP contribution in [0, 0.1) is 11.3 Å². The molecule has 86 valence electrons. The summed E-state index contributed by atoms with van der Waals surface area (Å²) in [6.45, 7) is 4.86. The quantitative estimate of drug-likeness (QED) is 0.885. The lowest BCUT2D eigenvalue weighted by atomic mass is 9.95. The number of hydrogen-bond donors (Lipinski definition) is 1. The van der Waals surface area contributed by atoms with Crippen LogP contribution in [0.25, 0.3) is 0 Å². The number of nitrogens with zero attached hydrogens (tertiary/aromatic N) is 2. The van der Waals surface area contributed by atoms with Crippen LogP contribution in [0.2, 0.25) is 5.15 Å². The van der Waals surface area contributed by atoms with Crippen molar-refractivity contribution in [3.63, 3.8) is 0 Å². The van der Waals surface area contributed by atoms with Gasteiger partial charge in [0, 0.05) is 6.61 Å². The first kappa shape index (κ1) is 11.6. The van der Waals surface area contributed by atoms with Crippen molar-refractivity contribution in [2.24, 2.45) is 0 Å². The van der Waals surface area contributed by atoms with Gasteiger partial charge in [0.15, 0.2) is 10.3 Å². The Hall–Kier alpha value is -0.830. The van der Waals surface area contributed by atoms with Crippen LogP contribution in [0.4, 0.5) is 5.13 Å². The number of hydrogen-bond acceptors (Lipinski definition) is 5. The van der Waals surface area contributed by atoms with Crippen molar-refractivity contribution in [2.45, 2.75) is 31.9 Å². The van der Waals surface area contributed by atoms with Crippen LogP contribution in [-0.4, -0.2) is 23.2 Å². The number of anilines is 1. The van der Waals surface area contributed by atoms with Gasteiger partial charge in [0.05, 0.1) is 11.6 Å². The third kappa shape index (κ3) is 2.01. The van der Waals surface area contributed by atoms with E-state index in [0.29, 0.717) is 10.0 Å². The van der Waals surface area contributed by atoms with Crippen molar-refractivity contribution in [3.05, 3.63) is 10.0 Å². The Morgan fingerprint density at radius 3 is 3.00 bits per heavy atom. The van der Waals surface area contributed by atoms with E-state index in [1.54, 1.807) is 0 Å².